The van der Waals surface area contributed by atoms with Crippen molar-refractivity contribution in [3.63, 3.8) is 0 Å². The highest BCUT2D eigenvalue weighted by Crippen LogP contribution is 2.52. The van der Waals surface area contributed by atoms with Crippen LogP contribution in [0.4, 0.5) is 0 Å². The lowest BCUT2D eigenvalue weighted by molar-refractivity contribution is -0.143. The van der Waals surface area contributed by atoms with Gasteiger partial charge in [-0.3, -0.25) is 19.8 Å². The number of nitrogens with one attached hydrogen (secondary N) is 1. The molecule has 118 valence electrons. The summed E-state index contributed by atoms with van der Waals surface area (Å²) in [6.45, 7) is 0. The van der Waals surface area contributed by atoms with Crippen molar-refractivity contribution in [1.29, 1.82) is 0 Å². The Labute approximate surface area is 142 Å². The summed E-state index contributed by atoms with van der Waals surface area (Å²) in [6, 6.07) is 4.45. The quantitative estimate of drug-likeness (QED) is 0.658. The molecule has 7 heteroatoms. The number of halogens is 2. The van der Waals surface area contributed by atoms with Crippen LogP contribution in [0.2, 0.25) is 10.0 Å². The number of rotatable bonds is 2. The van der Waals surface area contributed by atoms with E-state index in [1.54, 1.807) is 6.07 Å². The van der Waals surface area contributed by atoms with Crippen molar-refractivity contribution in [3.8, 4) is 0 Å². The van der Waals surface area contributed by atoms with E-state index >= 15 is 0 Å². The van der Waals surface area contributed by atoms with Gasteiger partial charge in [-0.25, -0.2) is 0 Å². The van der Waals surface area contributed by atoms with Gasteiger partial charge in [0.2, 0.25) is 0 Å². The molecule has 0 radical (unpaired) electrons. The molecule has 3 amide bonds. The molecule has 0 spiro atoms. The zero-order chi connectivity index (χ0) is 16.3. The van der Waals surface area contributed by atoms with Crippen LogP contribution in [0.3, 0.4) is 0 Å². The van der Waals surface area contributed by atoms with Crippen molar-refractivity contribution in [2.45, 2.75) is 6.42 Å². The van der Waals surface area contributed by atoms with E-state index in [2.05, 4.69) is 5.43 Å². The highest BCUT2D eigenvalue weighted by atomic mass is 35.5. The molecule has 2 fully saturated rings. The van der Waals surface area contributed by atoms with Gasteiger partial charge in [-0.1, -0.05) is 35.4 Å². The minimum atomic E-state index is -0.625. The number of nitrogens with zero attached hydrogens (tertiary/aromatic N) is 1. The summed E-state index contributed by atoms with van der Waals surface area (Å²) < 4.78 is 0. The van der Waals surface area contributed by atoms with Gasteiger partial charge in [0.15, 0.2) is 0 Å². The lowest BCUT2D eigenvalue weighted by Gasteiger charge is -2.18. The summed E-state index contributed by atoms with van der Waals surface area (Å²) in [5.41, 5.74) is 2.51. The Kier molecular flexibility index (Phi) is 3.25. The fraction of sp³-hybridized carbons (Fsp3) is 0.312. The number of benzene rings is 1. The van der Waals surface area contributed by atoms with Crippen LogP contribution in [0.1, 0.15) is 16.8 Å². The fourth-order valence-corrected chi connectivity index (χ4v) is 4.22. The Hall–Kier alpha value is -1.85. The van der Waals surface area contributed by atoms with Crippen molar-refractivity contribution in [2.75, 3.05) is 0 Å². The normalized spacial score (nSPS) is 31.0. The molecule has 1 aliphatic heterocycles. The molecular formula is C16H12Cl2N2O3. The molecule has 2 bridgehead atoms. The second kappa shape index (κ2) is 5.08. The molecule has 0 aromatic heterocycles. The average Bonchev–Trinajstić information content (AvgIpc) is 3.19. The maximum Gasteiger partial charge on any atom is 0.271 e. The largest absolute Gasteiger partial charge is 0.272 e. The first kappa shape index (κ1) is 14.7. The molecule has 3 aliphatic rings. The average molecular weight is 351 g/mol. The van der Waals surface area contributed by atoms with Gasteiger partial charge in [-0.2, -0.15) is 5.01 Å². The highest BCUT2D eigenvalue weighted by molar-refractivity contribution is 6.35. The van der Waals surface area contributed by atoms with Gasteiger partial charge < -0.3 is 0 Å². The van der Waals surface area contributed by atoms with Crippen LogP contribution < -0.4 is 5.43 Å². The van der Waals surface area contributed by atoms with Gasteiger partial charge in [0.1, 0.15) is 0 Å². The summed E-state index contributed by atoms with van der Waals surface area (Å²) in [5.74, 6) is -1.83. The molecule has 1 N–H and O–H groups in total. The molecule has 5 nitrogen and oxygen atoms in total. The first-order valence-electron chi connectivity index (χ1n) is 7.29. The highest BCUT2D eigenvalue weighted by Gasteiger charge is 2.59. The molecule has 2 aliphatic carbocycles. The molecule has 4 rings (SSSR count). The van der Waals surface area contributed by atoms with E-state index in [-0.39, 0.29) is 46.1 Å². The number of amides is 3. The first-order valence-corrected chi connectivity index (χ1v) is 8.05. The molecule has 1 aromatic carbocycles. The number of hydrogen-bond donors (Lipinski definition) is 1. The molecule has 4 atom stereocenters. The minimum Gasteiger partial charge on any atom is -0.272 e. The molecule has 1 saturated carbocycles. The summed E-state index contributed by atoms with van der Waals surface area (Å²) in [5, 5.41) is 1.40. The lowest BCUT2D eigenvalue weighted by Crippen LogP contribution is -2.47. The van der Waals surface area contributed by atoms with Crippen LogP contribution in [0.25, 0.3) is 0 Å². The standard InChI is InChI=1S/C16H12Cl2N2O3/c17-9-3-4-11(18)10(6-9)14(21)19-20-15(22)12-7-1-2-8(5-7)13(12)16(20)23/h1-4,6-8,12-13H,5H2,(H,19,21)/t7-,8-,12-,13+/m0/s1. The van der Waals surface area contributed by atoms with Crippen LogP contribution >= 0.6 is 23.2 Å². The lowest BCUT2D eigenvalue weighted by atomic mass is 9.85. The van der Waals surface area contributed by atoms with Gasteiger partial charge >= 0.3 is 0 Å². The Morgan fingerprint density at radius 1 is 1.09 bits per heavy atom. The zero-order valence-corrected chi connectivity index (χ0v) is 13.3. The predicted octanol–water partition coefficient (Wildman–Crippen LogP) is 2.45. The van der Waals surface area contributed by atoms with E-state index in [1.165, 1.54) is 12.1 Å². The third-order valence-electron chi connectivity index (χ3n) is 4.86. The van der Waals surface area contributed by atoms with E-state index in [1.807, 2.05) is 12.2 Å². The van der Waals surface area contributed by atoms with E-state index in [0.717, 1.165) is 11.4 Å². The summed E-state index contributed by atoms with van der Waals surface area (Å²) in [7, 11) is 0. The van der Waals surface area contributed by atoms with Crippen LogP contribution in [0.5, 0.6) is 0 Å². The van der Waals surface area contributed by atoms with Crippen molar-refractivity contribution in [3.05, 3.63) is 46.0 Å². The Balaban J connectivity index is 1.58. The number of hydrogen-bond acceptors (Lipinski definition) is 3. The molecule has 1 heterocycles. The Morgan fingerprint density at radius 2 is 1.70 bits per heavy atom. The van der Waals surface area contributed by atoms with E-state index in [4.69, 9.17) is 23.2 Å². The van der Waals surface area contributed by atoms with Gasteiger partial charge in [-0.15, -0.1) is 0 Å². The van der Waals surface area contributed by atoms with Crippen LogP contribution in [0, 0.1) is 23.7 Å². The van der Waals surface area contributed by atoms with E-state index in [0.29, 0.717) is 5.02 Å². The van der Waals surface area contributed by atoms with Crippen molar-refractivity contribution in [1.82, 2.24) is 10.4 Å². The topological polar surface area (TPSA) is 66.5 Å². The summed E-state index contributed by atoms with van der Waals surface area (Å²) in [4.78, 5) is 37.4. The maximum absolute atomic E-state index is 12.5. The third kappa shape index (κ3) is 2.11. The number of carbonyl (C=O) groups is 3. The maximum atomic E-state index is 12.5. The summed E-state index contributed by atoms with van der Waals surface area (Å²) in [6.07, 6.45) is 4.83. The zero-order valence-electron chi connectivity index (χ0n) is 11.8. The molecule has 0 unspecified atom stereocenters. The smallest absolute Gasteiger partial charge is 0.271 e. The Morgan fingerprint density at radius 3 is 2.30 bits per heavy atom. The molecule has 23 heavy (non-hydrogen) atoms. The van der Waals surface area contributed by atoms with Crippen LogP contribution in [-0.2, 0) is 9.59 Å². The number of carbonyl (C=O) groups excluding carboxylic acids is 3. The monoisotopic (exact) mass is 350 g/mol. The second-order valence-electron chi connectivity index (χ2n) is 6.08. The van der Waals surface area contributed by atoms with Crippen LogP contribution in [0.15, 0.2) is 30.4 Å². The minimum absolute atomic E-state index is 0.0955. The first-order chi connectivity index (χ1) is 11.0. The number of allylic oxidation sites excluding steroid dienone is 2. The van der Waals surface area contributed by atoms with Crippen molar-refractivity contribution < 1.29 is 14.4 Å². The van der Waals surface area contributed by atoms with Gasteiger partial charge in [-0.05, 0) is 36.5 Å². The van der Waals surface area contributed by atoms with Crippen molar-refractivity contribution >= 4 is 40.9 Å². The fourth-order valence-electron chi connectivity index (χ4n) is 3.85. The molecular weight excluding hydrogens is 339 g/mol. The van der Waals surface area contributed by atoms with E-state index in [9.17, 15) is 14.4 Å². The number of fused-ring (bicyclic) bond motifs is 5. The van der Waals surface area contributed by atoms with Gasteiger partial charge in [0.25, 0.3) is 17.7 Å². The number of hydrazine groups is 1. The SMILES string of the molecule is O=C(NN1C(=O)[C@@H]2[C@H](C1=O)[C@H]1C=C[C@H]2C1)c1cc(Cl)ccc1Cl. The number of imide groups is 1. The predicted molar refractivity (Wildman–Crippen MR) is 83.5 cm³/mol. The van der Waals surface area contributed by atoms with E-state index < -0.39 is 5.91 Å². The van der Waals surface area contributed by atoms with Gasteiger partial charge in [0, 0.05) is 5.02 Å². The van der Waals surface area contributed by atoms with Crippen molar-refractivity contribution in [2.24, 2.45) is 23.7 Å². The summed E-state index contributed by atoms with van der Waals surface area (Å²) >= 11 is 11.8. The molecule has 1 aromatic rings. The van der Waals surface area contributed by atoms with Gasteiger partial charge in [0.05, 0.1) is 22.4 Å². The van der Waals surface area contributed by atoms with Crippen LogP contribution in [-0.4, -0.2) is 22.7 Å². The molecule has 1 saturated heterocycles. The third-order valence-corrected chi connectivity index (χ3v) is 5.42. The Bertz CT molecular complexity index is 747. The second-order valence-corrected chi connectivity index (χ2v) is 6.92.